The van der Waals surface area contributed by atoms with E-state index in [1.165, 1.54) is 0 Å². The van der Waals surface area contributed by atoms with Crippen LogP contribution in [0.25, 0.3) is 5.82 Å². The second kappa shape index (κ2) is 7.72. The Morgan fingerprint density at radius 3 is 2.11 bits per heavy atom. The molecule has 2 amide bonds. The number of rotatable bonds is 3. The summed E-state index contributed by atoms with van der Waals surface area (Å²) >= 11 is 0. The van der Waals surface area contributed by atoms with Crippen LogP contribution in [-0.2, 0) is 0 Å². The minimum absolute atomic E-state index is 0.0568. The topological polar surface area (TPSA) is 66.3 Å². The van der Waals surface area contributed by atoms with Gasteiger partial charge in [-0.2, -0.15) is 0 Å². The lowest BCUT2D eigenvalue weighted by atomic mass is 10.1. The van der Waals surface area contributed by atoms with E-state index in [2.05, 4.69) is 26.5 Å². The van der Waals surface area contributed by atoms with Crippen molar-refractivity contribution in [2.75, 3.05) is 36.4 Å². The number of anilines is 2. The molecule has 7 nitrogen and oxygen atoms in total. The first-order valence-electron chi connectivity index (χ1n) is 9.45. The van der Waals surface area contributed by atoms with Crippen LogP contribution in [0.15, 0.2) is 54.9 Å². The van der Waals surface area contributed by atoms with Gasteiger partial charge in [0.1, 0.15) is 0 Å². The molecule has 0 bridgehead atoms. The Hall–Kier alpha value is -3.35. The highest BCUT2D eigenvalue weighted by Crippen LogP contribution is 2.17. The standard InChI is InChI=1S/C21H24N6O/c1-16-13-17(2)15-18(14-16)22-21(28)27-11-9-26(10-12-27)20-6-5-19(23-24-20)25-7-3-4-8-25/h3-8,13-15H,9-12H2,1-2H3,(H,22,28). The number of hydrogen-bond donors (Lipinski definition) is 1. The molecule has 1 aromatic carbocycles. The molecule has 0 spiro atoms. The van der Waals surface area contributed by atoms with Gasteiger partial charge < -0.3 is 19.7 Å². The molecule has 1 fully saturated rings. The van der Waals surface area contributed by atoms with E-state index in [1.54, 1.807) is 0 Å². The van der Waals surface area contributed by atoms with Gasteiger partial charge in [0, 0.05) is 44.3 Å². The van der Waals surface area contributed by atoms with Crippen LogP contribution < -0.4 is 10.2 Å². The Labute approximate surface area is 164 Å². The van der Waals surface area contributed by atoms with Gasteiger partial charge in [0.15, 0.2) is 11.6 Å². The minimum Gasteiger partial charge on any atom is -0.352 e. The van der Waals surface area contributed by atoms with Gasteiger partial charge in [-0.1, -0.05) is 6.07 Å². The second-order valence-corrected chi connectivity index (χ2v) is 7.12. The van der Waals surface area contributed by atoms with Gasteiger partial charge >= 0.3 is 6.03 Å². The molecule has 3 aromatic rings. The van der Waals surface area contributed by atoms with Crippen molar-refractivity contribution in [3.05, 3.63) is 66.0 Å². The minimum atomic E-state index is -0.0568. The number of nitrogens with zero attached hydrogens (tertiary/aromatic N) is 5. The summed E-state index contributed by atoms with van der Waals surface area (Å²) in [5, 5.41) is 11.7. The van der Waals surface area contributed by atoms with E-state index in [0.29, 0.717) is 13.1 Å². The summed E-state index contributed by atoms with van der Waals surface area (Å²) in [5.74, 6) is 1.63. The lowest BCUT2D eigenvalue weighted by molar-refractivity contribution is 0.208. The summed E-state index contributed by atoms with van der Waals surface area (Å²) < 4.78 is 1.92. The molecule has 0 aliphatic carbocycles. The lowest BCUT2D eigenvalue weighted by Crippen LogP contribution is -2.50. The molecular weight excluding hydrogens is 352 g/mol. The molecular formula is C21H24N6O. The molecule has 1 N–H and O–H groups in total. The van der Waals surface area contributed by atoms with E-state index in [4.69, 9.17) is 0 Å². The quantitative estimate of drug-likeness (QED) is 0.762. The number of benzene rings is 1. The van der Waals surface area contributed by atoms with Crippen molar-refractivity contribution in [1.82, 2.24) is 19.7 Å². The van der Waals surface area contributed by atoms with Crippen LogP contribution in [0.5, 0.6) is 0 Å². The zero-order valence-corrected chi connectivity index (χ0v) is 16.2. The van der Waals surface area contributed by atoms with Crippen molar-refractivity contribution in [3.63, 3.8) is 0 Å². The molecule has 0 saturated carbocycles. The Morgan fingerprint density at radius 1 is 0.893 bits per heavy atom. The first-order chi connectivity index (χ1) is 13.6. The van der Waals surface area contributed by atoms with Crippen LogP contribution >= 0.6 is 0 Å². The largest absolute Gasteiger partial charge is 0.352 e. The highest BCUT2D eigenvalue weighted by atomic mass is 16.2. The predicted octanol–water partition coefficient (Wildman–Crippen LogP) is 3.24. The van der Waals surface area contributed by atoms with Gasteiger partial charge in [0.25, 0.3) is 0 Å². The summed E-state index contributed by atoms with van der Waals surface area (Å²) in [6.07, 6.45) is 3.88. The molecule has 0 radical (unpaired) electrons. The second-order valence-electron chi connectivity index (χ2n) is 7.12. The summed E-state index contributed by atoms with van der Waals surface area (Å²) in [5.41, 5.74) is 3.13. The number of carbonyl (C=O) groups is 1. The van der Waals surface area contributed by atoms with Crippen LogP contribution in [0, 0.1) is 13.8 Å². The molecule has 1 aliphatic heterocycles. The van der Waals surface area contributed by atoms with Gasteiger partial charge in [-0.05, 0) is 61.4 Å². The smallest absolute Gasteiger partial charge is 0.321 e. The Kier molecular flexibility index (Phi) is 4.97. The maximum absolute atomic E-state index is 12.6. The number of aryl methyl sites for hydroxylation is 2. The third-order valence-electron chi connectivity index (χ3n) is 4.87. The normalized spacial score (nSPS) is 14.2. The molecule has 4 rings (SSSR count). The van der Waals surface area contributed by atoms with Crippen molar-refractivity contribution >= 4 is 17.5 Å². The van der Waals surface area contributed by atoms with Gasteiger partial charge in [-0.15, -0.1) is 10.2 Å². The number of urea groups is 1. The zero-order chi connectivity index (χ0) is 19.5. The molecule has 1 saturated heterocycles. The molecule has 3 heterocycles. The van der Waals surface area contributed by atoms with Crippen LogP contribution in [0.1, 0.15) is 11.1 Å². The SMILES string of the molecule is Cc1cc(C)cc(NC(=O)N2CCN(c3ccc(-n4cccc4)nn3)CC2)c1. The summed E-state index contributed by atoms with van der Waals surface area (Å²) in [7, 11) is 0. The van der Waals surface area contributed by atoms with Crippen LogP contribution in [0.3, 0.4) is 0 Å². The number of amides is 2. The average molecular weight is 376 g/mol. The summed E-state index contributed by atoms with van der Waals surface area (Å²) in [6, 6.07) is 13.9. The third kappa shape index (κ3) is 3.98. The zero-order valence-electron chi connectivity index (χ0n) is 16.2. The highest BCUT2D eigenvalue weighted by Gasteiger charge is 2.22. The van der Waals surface area contributed by atoms with E-state index in [1.807, 2.05) is 72.1 Å². The maximum Gasteiger partial charge on any atom is 0.321 e. The molecule has 0 atom stereocenters. The van der Waals surface area contributed by atoms with Crippen molar-refractivity contribution in [1.29, 1.82) is 0 Å². The van der Waals surface area contributed by atoms with E-state index >= 15 is 0 Å². The van der Waals surface area contributed by atoms with Crippen molar-refractivity contribution < 1.29 is 4.79 Å². The Morgan fingerprint density at radius 2 is 1.50 bits per heavy atom. The van der Waals surface area contributed by atoms with Gasteiger partial charge in [0.2, 0.25) is 0 Å². The monoisotopic (exact) mass is 376 g/mol. The Balaban J connectivity index is 1.34. The fourth-order valence-electron chi connectivity index (χ4n) is 3.50. The number of piperazine rings is 1. The first-order valence-corrected chi connectivity index (χ1v) is 9.45. The van der Waals surface area contributed by atoms with E-state index in [-0.39, 0.29) is 6.03 Å². The van der Waals surface area contributed by atoms with Crippen LogP contribution in [0.2, 0.25) is 0 Å². The predicted molar refractivity (Wildman–Crippen MR) is 110 cm³/mol. The van der Waals surface area contributed by atoms with Crippen molar-refractivity contribution in [3.8, 4) is 5.82 Å². The molecule has 1 aliphatic rings. The fraction of sp³-hybridized carbons (Fsp3) is 0.286. The molecule has 0 unspecified atom stereocenters. The van der Waals surface area contributed by atoms with Gasteiger partial charge in [0.05, 0.1) is 0 Å². The Bertz CT molecular complexity index is 923. The average Bonchev–Trinajstić information content (AvgIpc) is 3.22. The number of nitrogens with one attached hydrogen (secondary N) is 1. The maximum atomic E-state index is 12.6. The molecule has 2 aromatic heterocycles. The number of hydrogen-bond acceptors (Lipinski definition) is 4. The third-order valence-corrected chi connectivity index (χ3v) is 4.87. The van der Waals surface area contributed by atoms with Gasteiger partial charge in [-0.3, -0.25) is 0 Å². The number of carbonyl (C=O) groups excluding carboxylic acids is 1. The van der Waals surface area contributed by atoms with E-state index < -0.39 is 0 Å². The molecule has 28 heavy (non-hydrogen) atoms. The fourth-order valence-corrected chi connectivity index (χ4v) is 3.50. The molecule has 7 heteroatoms. The van der Waals surface area contributed by atoms with E-state index in [9.17, 15) is 4.79 Å². The highest BCUT2D eigenvalue weighted by molar-refractivity contribution is 5.89. The van der Waals surface area contributed by atoms with Crippen LogP contribution in [0.4, 0.5) is 16.3 Å². The molecule has 144 valence electrons. The summed E-state index contributed by atoms with van der Waals surface area (Å²) in [6.45, 7) is 6.83. The summed E-state index contributed by atoms with van der Waals surface area (Å²) in [4.78, 5) is 16.6. The van der Waals surface area contributed by atoms with Crippen LogP contribution in [-0.4, -0.2) is 51.9 Å². The lowest BCUT2D eigenvalue weighted by Gasteiger charge is -2.35. The van der Waals surface area contributed by atoms with E-state index in [0.717, 1.165) is 41.5 Å². The number of aromatic nitrogens is 3. The van der Waals surface area contributed by atoms with Gasteiger partial charge in [-0.25, -0.2) is 4.79 Å². The van der Waals surface area contributed by atoms with Crippen molar-refractivity contribution in [2.45, 2.75) is 13.8 Å². The first kappa shape index (κ1) is 18.0. The van der Waals surface area contributed by atoms with Crippen molar-refractivity contribution in [2.24, 2.45) is 0 Å².